The SMILES string of the molecule is N#Cc1cncc(COc2cc(OCc3cccc(-c4cccc(COc5cc(OCc6cncc(C#N)c6)c(C(=O)N6CCOCC6)cc5Cl)c4Cl)c3Cl)c(Cl)cc2C(=O)N2CCOCC2)c1. The van der Waals surface area contributed by atoms with E-state index in [4.69, 9.17) is 74.8 Å². The van der Waals surface area contributed by atoms with Crippen LogP contribution in [0.25, 0.3) is 11.1 Å². The van der Waals surface area contributed by atoms with Crippen LogP contribution in [0.2, 0.25) is 20.1 Å². The molecule has 8 rings (SSSR count). The number of halogens is 4. The summed E-state index contributed by atoms with van der Waals surface area (Å²) in [4.78, 5) is 39.0. The lowest BCUT2D eigenvalue weighted by molar-refractivity contribution is 0.0298. The topological polar surface area (TPSA) is 169 Å². The van der Waals surface area contributed by atoms with Crippen molar-refractivity contribution in [2.75, 3.05) is 52.6 Å². The summed E-state index contributed by atoms with van der Waals surface area (Å²) in [6, 6.07) is 24.6. The average Bonchev–Trinajstić information content (AvgIpc) is 3.38. The maximum absolute atomic E-state index is 13.7. The Morgan fingerprint density at radius 2 is 0.941 bits per heavy atom. The first kappa shape index (κ1) is 47.9. The van der Waals surface area contributed by atoms with Crippen LogP contribution in [0.5, 0.6) is 23.0 Å². The van der Waals surface area contributed by atoms with Gasteiger partial charge in [-0.15, -0.1) is 0 Å². The molecule has 18 heteroatoms. The summed E-state index contributed by atoms with van der Waals surface area (Å²) < 4.78 is 35.8. The van der Waals surface area contributed by atoms with Crippen molar-refractivity contribution in [3.05, 3.63) is 162 Å². The minimum atomic E-state index is -0.273. The third-order valence-electron chi connectivity index (χ3n) is 11.0. The molecule has 346 valence electrons. The summed E-state index contributed by atoms with van der Waals surface area (Å²) in [7, 11) is 0. The standard InChI is InChI=1S/C50H40Cl4N6O8/c51-41-17-39(49(61)59-7-11-63-12-8-59)43(65-27-33-15-31(21-55)23-57-25-33)19-45(41)67-29-35-3-1-5-37(47(35)53)38-6-2-4-36(48(38)54)30-68-46-20-44(66-28-34-16-32(22-56)24-58-26-34)40(18-42(46)52)50(62)60-9-13-64-14-10-60/h1-6,15-20,23-26H,7-14,27-30H2. The van der Waals surface area contributed by atoms with Crippen molar-refractivity contribution in [1.29, 1.82) is 10.5 Å². The van der Waals surface area contributed by atoms with Gasteiger partial charge in [0.2, 0.25) is 0 Å². The Hall–Kier alpha value is -6.62. The molecule has 2 aliphatic heterocycles. The summed E-state index contributed by atoms with van der Waals surface area (Å²) in [5.74, 6) is 0.417. The van der Waals surface area contributed by atoms with E-state index in [0.29, 0.717) is 107 Å². The summed E-state index contributed by atoms with van der Waals surface area (Å²) >= 11 is 27.7. The number of pyridine rings is 2. The molecule has 4 aromatic carbocycles. The highest BCUT2D eigenvalue weighted by Gasteiger charge is 2.27. The highest BCUT2D eigenvalue weighted by molar-refractivity contribution is 6.37. The van der Waals surface area contributed by atoms with Crippen LogP contribution in [0.1, 0.15) is 54.1 Å². The number of rotatable bonds is 15. The number of amides is 2. The van der Waals surface area contributed by atoms with Crippen molar-refractivity contribution in [3.63, 3.8) is 0 Å². The molecule has 0 spiro atoms. The van der Waals surface area contributed by atoms with E-state index in [1.165, 1.54) is 24.5 Å². The third kappa shape index (κ3) is 11.4. The Labute approximate surface area is 412 Å². The van der Waals surface area contributed by atoms with Crippen LogP contribution in [0.4, 0.5) is 0 Å². The maximum atomic E-state index is 13.7. The molecule has 2 fully saturated rings. The number of nitrogens with zero attached hydrogens (tertiary/aromatic N) is 6. The first-order chi connectivity index (χ1) is 33.1. The van der Waals surface area contributed by atoms with Crippen molar-refractivity contribution in [1.82, 2.24) is 19.8 Å². The fourth-order valence-corrected chi connectivity index (χ4v) is 8.43. The Morgan fingerprint density at radius 1 is 0.544 bits per heavy atom. The highest BCUT2D eigenvalue weighted by Crippen LogP contribution is 2.40. The Kier molecular flexibility index (Phi) is 15.8. The molecule has 0 atom stereocenters. The molecule has 4 heterocycles. The Bertz CT molecular complexity index is 2740. The van der Waals surface area contributed by atoms with Gasteiger partial charge in [0.1, 0.15) is 61.6 Å². The fraction of sp³-hybridized carbons (Fsp3) is 0.240. The van der Waals surface area contributed by atoms with Crippen LogP contribution in [-0.4, -0.2) is 84.2 Å². The third-order valence-corrected chi connectivity index (χ3v) is 12.5. The number of carbonyl (C=O) groups excluding carboxylic acids is 2. The highest BCUT2D eigenvalue weighted by atomic mass is 35.5. The molecule has 6 aromatic rings. The van der Waals surface area contributed by atoms with Crippen molar-refractivity contribution in [3.8, 4) is 46.3 Å². The number of hydrogen-bond acceptors (Lipinski definition) is 12. The number of ether oxygens (including phenoxy) is 6. The molecular formula is C50H40Cl4N6O8. The van der Waals surface area contributed by atoms with Gasteiger partial charge in [-0.25, -0.2) is 0 Å². The van der Waals surface area contributed by atoms with Crippen molar-refractivity contribution < 1.29 is 38.0 Å². The van der Waals surface area contributed by atoms with Gasteiger partial charge in [0.25, 0.3) is 11.8 Å². The molecule has 2 amide bonds. The smallest absolute Gasteiger partial charge is 0.257 e. The number of aromatic nitrogens is 2. The van der Waals surface area contributed by atoms with Crippen molar-refractivity contribution in [2.45, 2.75) is 26.4 Å². The molecule has 0 bridgehead atoms. The first-order valence-corrected chi connectivity index (χ1v) is 22.8. The minimum Gasteiger partial charge on any atom is -0.488 e. The lowest BCUT2D eigenvalue weighted by Crippen LogP contribution is -2.40. The molecule has 2 saturated heterocycles. The molecule has 0 unspecified atom stereocenters. The van der Waals surface area contributed by atoms with Gasteiger partial charge in [0, 0.05) is 96.5 Å². The molecule has 0 aliphatic carbocycles. The zero-order valence-electron chi connectivity index (χ0n) is 36.2. The molecular weight excluding hydrogens is 954 g/mol. The zero-order valence-corrected chi connectivity index (χ0v) is 39.2. The van der Waals surface area contributed by atoms with Gasteiger partial charge in [-0.3, -0.25) is 19.6 Å². The minimum absolute atomic E-state index is 0.00957. The molecule has 14 nitrogen and oxygen atoms in total. The van der Waals surface area contributed by atoms with Crippen LogP contribution in [0.15, 0.2) is 97.6 Å². The molecule has 2 aliphatic rings. The normalized spacial score (nSPS) is 13.6. The molecule has 2 aromatic heterocycles. The van der Waals surface area contributed by atoms with Crippen molar-refractivity contribution >= 4 is 58.2 Å². The summed E-state index contributed by atoms with van der Waals surface area (Å²) in [5, 5.41) is 19.9. The van der Waals surface area contributed by atoms with E-state index in [0.717, 1.165) is 0 Å². The Morgan fingerprint density at radius 3 is 1.34 bits per heavy atom. The second kappa shape index (κ2) is 22.5. The van der Waals surface area contributed by atoms with Gasteiger partial charge in [-0.05, 0) is 24.3 Å². The predicted octanol–water partition coefficient (Wildman–Crippen LogP) is 9.76. The molecule has 68 heavy (non-hydrogen) atoms. The first-order valence-electron chi connectivity index (χ1n) is 21.3. The monoisotopic (exact) mass is 992 g/mol. The van der Waals surface area contributed by atoms with Gasteiger partial charge >= 0.3 is 0 Å². The van der Waals surface area contributed by atoms with E-state index >= 15 is 0 Å². The lowest BCUT2D eigenvalue weighted by Gasteiger charge is -2.27. The predicted molar refractivity (Wildman–Crippen MR) is 253 cm³/mol. The average molecular weight is 995 g/mol. The van der Waals surface area contributed by atoms with Crippen LogP contribution >= 0.6 is 46.4 Å². The van der Waals surface area contributed by atoms with Gasteiger partial charge in [0.15, 0.2) is 0 Å². The summed E-state index contributed by atoms with van der Waals surface area (Å²) in [6.07, 6.45) is 6.07. The van der Waals surface area contributed by atoms with Gasteiger partial charge in [0.05, 0.1) is 68.8 Å². The summed E-state index contributed by atoms with van der Waals surface area (Å²) in [6.45, 7) is 3.32. The van der Waals surface area contributed by atoms with Crippen LogP contribution in [0, 0.1) is 22.7 Å². The van der Waals surface area contributed by atoms with E-state index in [9.17, 15) is 20.1 Å². The molecule has 0 saturated carbocycles. The number of nitriles is 2. The fourth-order valence-electron chi connectivity index (χ4n) is 7.42. The lowest BCUT2D eigenvalue weighted by atomic mass is 10.0. The number of hydrogen-bond donors (Lipinski definition) is 0. The van der Waals surface area contributed by atoms with E-state index in [2.05, 4.69) is 22.1 Å². The van der Waals surface area contributed by atoms with Crippen LogP contribution in [0.3, 0.4) is 0 Å². The molecule has 0 radical (unpaired) electrons. The van der Waals surface area contributed by atoms with Gasteiger partial charge in [-0.1, -0.05) is 82.8 Å². The van der Waals surface area contributed by atoms with E-state index in [-0.39, 0.29) is 82.4 Å². The summed E-state index contributed by atoms with van der Waals surface area (Å²) in [5.41, 5.74) is 5.00. The Balaban J connectivity index is 1.01. The van der Waals surface area contributed by atoms with E-state index < -0.39 is 0 Å². The second-order valence-electron chi connectivity index (χ2n) is 15.5. The van der Waals surface area contributed by atoms with Gasteiger partial charge < -0.3 is 38.2 Å². The van der Waals surface area contributed by atoms with Gasteiger partial charge in [-0.2, -0.15) is 10.5 Å². The van der Waals surface area contributed by atoms with Crippen LogP contribution in [-0.2, 0) is 35.9 Å². The van der Waals surface area contributed by atoms with E-state index in [1.807, 2.05) is 36.4 Å². The maximum Gasteiger partial charge on any atom is 0.257 e. The second-order valence-corrected chi connectivity index (χ2v) is 17.0. The molecule has 0 N–H and O–H groups in total. The zero-order chi connectivity index (χ0) is 47.6. The number of morpholine rings is 2. The number of benzene rings is 4. The van der Waals surface area contributed by atoms with Crippen LogP contribution < -0.4 is 18.9 Å². The quantitative estimate of drug-likeness (QED) is 0.0956. The van der Waals surface area contributed by atoms with E-state index in [1.54, 1.807) is 46.5 Å². The van der Waals surface area contributed by atoms with Crippen molar-refractivity contribution in [2.24, 2.45) is 0 Å². The largest absolute Gasteiger partial charge is 0.488 e. The number of carbonyl (C=O) groups is 2.